The maximum absolute atomic E-state index is 15.2. The van der Waals surface area contributed by atoms with E-state index in [0.717, 1.165) is 88.5 Å². The van der Waals surface area contributed by atoms with Crippen molar-refractivity contribution < 1.29 is 17.9 Å². The minimum absolute atomic E-state index is 0.0555. The number of aryl methyl sites for hydroxylation is 1. The Labute approximate surface area is 222 Å². The van der Waals surface area contributed by atoms with E-state index >= 15 is 8.78 Å². The van der Waals surface area contributed by atoms with Gasteiger partial charge in [0, 0.05) is 6.07 Å². The average molecular weight is 515 g/mol. The molecule has 0 spiro atoms. The van der Waals surface area contributed by atoms with Crippen LogP contribution in [0.15, 0.2) is 30.3 Å². The SMILES string of the molecule is CCCCCc1ccc(OCC2CCC(c3ccc(C4CCC(CCC)CC4)c(F)c3F)CC2)cc1F. The Morgan fingerprint density at radius 1 is 0.703 bits per heavy atom. The molecule has 0 unspecified atom stereocenters. The molecule has 2 aromatic rings. The Morgan fingerprint density at radius 2 is 1.30 bits per heavy atom. The monoisotopic (exact) mass is 514 g/mol. The topological polar surface area (TPSA) is 9.23 Å². The number of halogens is 3. The number of unbranched alkanes of at least 4 members (excludes halogenated alkanes) is 2. The zero-order valence-electron chi connectivity index (χ0n) is 22.8. The molecule has 0 heterocycles. The molecule has 2 fully saturated rings. The van der Waals surface area contributed by atoms with E-state index in [1.165, 1.54) is 18.9 Å². The molecule has 1 nitrogen and oxygen atoms in total. The molecule has 0 aromatic heterocycles. The molecule has 4 heteroatoms. The van der Waals surface area contributed by atoms with Gasteiger partial charge in [0.15, 0.2) is 11.6 Å². The zero-order valence-corrected chi connectivity index (χ0v) is 22.8. The summed E-state index contributed by atoms with van der Waals surface area (Å²) in [6, 6.07) is 8.94. The van der Waals surface area contributed by atoms with Crippen molar-refractivity contribution in [1.29, 1.82) is 0 Å². The number of hydrogen-bond donors (Lipinski definition) is 0. The molecule has 0 atom stereocenters. The fourth-order valence-corrected chi connectivity index (χ4v) is 6.62. The summed E-state index contributed by atoms with van der Waals surface area (Å²) in [7, 11) is 0. The lowest BCUT2D eigenvalue weighted by atomic mass is 9.75. The highest BCUT2D eigenvalue weighted by Crippen LogP contribution is 2.42. The third-order valence-electron chi connectivity index (χ3n) is 8.97. The summed E-state index contributed by atoms with van der Waals surface area (Å²) in [6.45, 7) is 4.90. The third-order valence-corrected chi connectivity index (χ3v) is 8.97. The molecule has 0 amide bonds. The molecule has 0 radical (unpaired) electrons. The van der Waals surface area contributed by atoms with Crippen LogP contribution in [0.1, 0.15) is 126 Å². The number of rotatable bonds is 11. The van der Waals surface area contributed by atoms with Crippen molar-refractivity contribution >= 4 is 0 Å². The second-order valence-electron chi connectivity index (χ2n) is 11.6. The summed E-state index contributed by atoms with van der Waals surface area (Å²) in [5.41, 5.74) is 1.88. The smallest absolute Gasteiger partial charge is 0.162 e. The minimum atomic E-state index is -0.623. The van der Waals surface area contributed by atoms with Crippen molar-refractivity contribution in [2.75, 3.05) is 6.61 Å². The van der Waals surface area contributed by atoms with Crippen molar-refractivity contribution in [3.8, 4) is 5.75 Å². The fraction of sp³-hybridized carbons (Fsp3) is 0.636. The lowest BCUT2D eigenvalue weighted by Gasteiger charge is -2.31. The van der Waals surface area contributed by atoms with Crippen LogP contribution in [-0.4, -0.2) is 6.61 Å². The molecule has 37 heavy (non-hydrogen) atoms. The summed E-state index contributed by atoms with van der Waals surface area (Å²) in [4.78, 5) is 0. The summed E-state index contributed by atoms with van der Waals surface area (Å²) in [5, 5.41) is 0. The first kappa shape index (κ1) is 28.0. The molecular formula is C33H45F3O. The highest BCUT2D eigenvalue weighted by molar-refractivity contribution is 5.32. The minimum Gasteiger partial charge on any atom is -0.493 e. The molecule has 2 aromatic carbocycles. The van der Waals surface area contributed by atoms with Crippen LogP contribution in [0.2, 0.25) is 0 Å². The highest BCUT2D eigenvalue weighted by atomic mass is 19.2. The van der Waals surface area contributed by atoms with Crippen LogP contribution in [-0.2, 0) is 6.42 Å². The van der Waals surface area contributed by atoms with Gasteiger partial charge in [0.2, 0.25) is 0 Å². The van der Waals surface area contributed by atoms with Crippen molar-refractivity contribution in [1.82, 2.24) is 0 Å². The van der Waals surface area contributed by atoms with Gasteiger partial charge in [0.1, 0.15) is 11.6 Å². The predicted molar refractivity (Wildman–Crippen MR) is 146 cm³/mol. The number of ether oxygens (including phenoxy) is 1. The lowest BCUT2D eigenvalue weighted by molar-refractivity contribution is 0.198. The first-order valence-electron chi connectivity index (χ1n) is 14.9. The molecule has 204 valence electrons. The lowest BCUT2D eigenvalue weighted by Crippen LogP contribution is -2.20. The molecule has 4 rings (SSSR count). The molecule has 0 bridgehead atoms. The van der Waals surface area contributed by atoms with Gasteiger partial charge >= 0.3 is 0 Å². The van der Waals surface area contributed by atoms with Crippen LogP contribution in [0.25, 0.3) is 0 Å². The van der Waals surface area contributed by atoms with Gasteiger partial charge in [-0.2, -0.15) is 0 Å². The Balaban J connectivity index is 1.27. The zero-order chi connectivity index (χ0) is 26.2. The summed E-state index contributed by atoms with van der Waals surface area (Å²) >= 11 is 0. The normalized spacial score (nSPS) is 24.2. The van der Waals surface area contributed by atoms with E-state index in [2.05, 4.69) is 13.8 Å². The quantitative estimate of drug-likeness (QED) is 0.271. The van der Waals surface area contributed by atoms with E-state index in [0.29, 0.717) is 29.4 Å². The number of benzene rings is 2. The summed E-state index contributed by atoms with van der Waals surface area (Å²) in [5.74, 6) is 0.471. The summed E-state index contributed by atoms with van der Waals surface area (Å²) in [6.07, 6.45) is 14.1. The molecule has 2 aliphatic rings. The summed E-state index contributed by atoms with van der Waals surface area (Å²) < 4.78 is 50.7. The standard InChI is InChI=1S/C33H45F3O/c1-3-5-6-8-27-17-18-28(21-31(27)34)37-22-24-11-15-26(16-12-24)30-20-19-29(32(35)33(30)36)25-13-9-23(7-4-2)10-14-25/h17-21,23-26H,3-16,22H2,1-2H3. The first-order chi connectivity index (χ1) is 18.0. The van der Waals surface area contributed by atoms with Gasteiger partial charge in [-0.3, -0.25) is 0 Å². The Bertz CT molecular complexity index is 987. The Hall–Kier alpha value is -1.97. The van der Waals surface area contributed by atoms with Gasteiger partial charge in [-0.05, 0) is 111 Å². The van der Waals surface area contributed by atoms with Crippen LogP contribution in [0.3, 0.4) is 0 Å². The van der Waals surface area contributed by atoms with Gasteiger partial charge in [-0.1, -0.05) is 57.7 Å². The van der Waals surface area contributed by atoms with Crippen molar-refractivity contribution in [3.63, 3.8) is 0 Å². The first-order valence-corrected chi connectivity index (χ1v) is 14.9. The van der Waals surface area contributed by atoms with Gasteiger partial charge in [-0.25, -0.2) is 13.2 Å². The highest BCUT2D eigenvalue weighted by Gasteiger charge is 2.29. The van der Waals surface area contributed by atoms with Crippen LogP contribution >= 0.6 is 0 Å². The fourth-order valence-electron chi connectivity index (χ4n) is 6.62. The van der Waals surface area contributed by atoms with E-state index in [4.69, 9.17) is 4.74 Å². The molecule has 0 N–H and O–H groups in total. The Kier molecular flexibility index (Phi) is 10.4. The van der Waals surface area contributed by atoms with Crippen LogP contribution in [0, 0.1) is 29.3 Å². The second-order valence-corrected chi connectivity index (χ2v) is 11.6. The van der Waals surface area contributed by atoms with Crippen LogP contribution in [0.4, 0.5) is 13.2 Å². The molecular weight excluding hydrogens is 469 g/mol. The largest absolute Gasteiger partial charge is 0.493 e. The molecule has 0 aliphatic heterocycles. The molecule has 2 aliphatic carbocycles. The van der Waals surface area contributed by atoms with Crippen molar-refractivity contribution in [2.45, 2.75) is 116 Å². The number of hydrogen-bond acceptors (Lipinski definition) is 1. The van der Waals surface area contributed by atoms with Gasteiger partial charge in [-0.15, -0.1) is 0 Å². The van der Waals surface area contributed by atoms with E-state index < -0.39 is 11.6 Å². The maximum atomic E-state index is 15.2. The van der Waals surface area contributed by atoms with Crippen LogP contribution < -0.4 is 4.74 Å². The maximum Gasteiger partial charge on any atom is 0.162 e. The van der Waals surface area contributed by atoms with Crippen molar-refractivity contribution in [2.24, 2.45) is 11.8 Å². The predicted octanol–water partition coefficient (Wildman–Crippen LogP) is 10.3. The van der Waals surface area contributed by atoms with E-state index in [1.807, 2.05) is 24.3 Å². The Morgan fingerprint density at radius 3 is 1.84 bits per heavy atom. The van der Waals surface area contributed by atoms with E-state index in [1.54, 1.807) is 0 Å². The second kappa shape index (κ2) is 13.7. The van der Waals surface area contributed by atoms with E-state index in [9.17, 15) is 4.39 Å². The van der Waals surface area contributed by atoms with Crippen LogP contribution in [0.5, 0.6) is 5.75 Å². The van der Waals surface area contributed by atoms with Gasteiger partial charge in [0.25, 0.3) is 0 Å². The third kappa shape index (κ3) is 7.33. The van der Waals surface area contributed by atoms with Gasteiger partial charge < -0.3 is 4.74 Å². The van der Waals surface area contributed by atoms with E-state index in [-0.39, 0.29) is 17.7 Å². The average Bonchev–Trinajstić information content (AvgIpc) is 2.91. The molecule has 0 saturated heterocycles. The molecule has 2 saturated carbocycles. The van der Waals surface area contributed by atoms with Gasteiger partial charge in [0.05, 0.1) is 6.61 Å². The van der Waals surface area contributed by atoms with Crippen molar-refractivity contribution in [3.05, 3.63) is 64.5 Å².